The van der Waals surface area contributed by atoms with E-state index in [1.165, 1.54) is 0 Å². The van der Waals surface area contributed by atoms with Gasteiger partial charge in [-0.2, -0.15) is 0 Å². The largest absolute Gasteiger partial charge is 0.345 e. The predicted octanol–water partition coefficient (Wildman–Crippen LogP) is 10.8. The maximum atomic E-state index is 13.8. The van der Waals surface area contributed by atoms with Crippen LogP contribution in [-0.2, 0) is 9.59 Å². The first-order valence-electron chi connectivity index (χ1n) is 19.7. The van der Waals surface area contributed by atoms with Gasteiger partial charge in [-0.3, -0.25) is 9.59 Å². The second-order valence-corrected chi connectivity index (χ2v) is 18.2. The first-order valence-corrected chi connectivity index (χ1v) is 19.7. The molecule has 0 spiro atoms. The third-order valence-corrected chi connectivity index (χ3v) is 11.6. The van der Waals surface area contributed by atoms with Gasteiger partial charge in [0.2, 0.25) is 23.7 Å². The van der Waals surface area contributed by atoms with E-state index in [2.05, 4.69) is 55.9 Å². The van der Waals surface area contributed by atoms with Crippen LogP contribution in [0.15, 0.2) is 60.8 Å². The van der Waals surface area contributed by atoms with Crippen LogP contribution in [0.5, 0.6) is 0 Å². The smallest absolute Gasteiger partial charge is 0.248 e. The summed E-state index contributed by atoms with van der Waals surface area (Å²) in [7, 11) is 0. The Morgan fingerprint density at radius 1 is 0.661 bits per heavy atom. The molecule has 2 aromatic heterocycles. The van der Waals surface area contributed by atoms with Crippen molar-refractivity contribution in [1.82, 2.24) is 30.6 Å². The lowest BCUT2D eigenvalue weighted by Crippen LogP contribution is -2.42. The van der Waals surface area contributed by atoms with Crippen molar-refractivity contribution in [1.29, 1.82) is 0 Å². The van der Waals surface area contributed by atoms with Gasteiger partial charge in [0.05, 0.1) is 35.0 Å². The number of amides is 2. The van der Waals surface area contributed by atoms with Gasteiger partial charge >= 0.3 is 0 Å². The lowest BCUT2D eigenvalue weighted by atomic mass is 9.83. The Kier molecular flexibility index (Phi) is 10.3. The maximum Gasteiger partial charge on any atom is 0.248 e. The van der Waals surface area contributed by atoms with Crippen molar-refractivity contribution in [3.05, 3.63) is 72.4 Å². The monoisotopic (exact) mass is 772 g/mol. The highest BCUT2D eigenvalue weighted by Gasteiger charge is 2.41. The Balaban J connectivity index is 1.07. The van der Waals surface area contributed by atoms with Gasteiger partial charge < -0.3 is 20.6 Å². The van der Waals surface area contributed by atoms with E-state index in [1.54, 1.807) is 6.20 Å². The Hall–Kier alpha value is -4.74. The fourth-order valence-electron chi connectivity index (χ4n) is 8.08. The van der Waals surface area contributed by atoms with Gasteiger partial charge in [0.25, 0.3) is 0 Å². The molecule has 5 aromatic rings. The van der Waals surface area contributed by atoms with Gasteiger partial charge in [0.1, 0.15) is 11.6 Å². The molecule has 2 saturated carbocycles. The topological polar surface area (TPSA) is 116 Å². The highest BCUT2D eigenvalue weighted by molar-refractivity contribution is 5.92. The Morgan fingerprint density at radius 2 is 1.12 bits per heavy atom. The molecule has 2 aliphatic carbocycles. The number of aromatic amines is 2. The summed E-state index contributed by atoms with van der Waals surface area (Å²) in [5, 5.41) is 8.32. The van der Waals surface area contributed by atoms with Gasteiger partial charge in [0.15, 0.2) is 0 Å². The molecule has 2 atom stereocenters. The number of carbonyl (C=O) groups is 2. The number of nitrogens with zero attached hydrogens (tertiary/aromatic N) is 2. The molecule has 56 heavy (non-hydrogen) atoms. The zero-order valence-corrected chi connectivity index (χ0v) is 33.0. The number of carbonyl (C=O) groups excluding carboxylic acids is 2. The summed E-state index contributed by atoms with van der Waals surface area (Å²) in [5.41, 5.74) is 4.58. The second kappa shape index (κ2) is 14.6. The molecule has 4 N–H and O–H groups in total. The molecule has 2 fully saturated rings. The lowest BCUT2D eigenvalue weighted by Gasteiger charge is -2.33. The third kappa shape index (κ3) is 8.64. The van der Waals surface area contributed by atoms with E-state index in [9.17, 15) is 27.2 Å². The normalized spacial score (nSPS) is 19.2. The molecular formula is C44H52F4N6O2. The van der Waals surface area contributed by atoms with Crippen molar-refractivity contribution in [3.63, 3.8) is 0 Å². The van der Waals surface area contributed by atoms with E-state index >= 15 is 0 Å². The van der Waals surface area contributed by atoms with Crippen molar-refractivity contribution in [2.45, 2.75) is 117 Å². The van der Waals surface area contributed by atoms with Crippen molar-refractivity contribution >= 4 is 33.6 Å². The molecule has 1 unspecified atom stereocenters. The minimum Gasteiger partial charge on any atom is -0.345 e. The number of fused-ring (bicyclic) bond motifs is 2. The standard InChI is InChI=1S/C44H52F4N6O2/c1-41(2,3)35(53-39(55)25-13-17-43(45,46)18-14-25)37-49-24-34(52-37)31-10-9-27-21-28(7-8-29(27)22-31)30-11-12-32-33(23-30)51-38(50-32)36(42(4,5)6)54-40(56)26-15-19-44(47,48)20-16-26/h7-12,21-26,35-36H,13-20H2,1-6H3,(H,49,52)(H,50,51)(H,53,55)(H,54,56)/t35-,36?/m1/s1. The summed E-state index contributed by atoms with van der Waals surface area (Å²) < 4.78 is 55.0. The van der Waals surface area contributed by atoms with E-state index < -0.39 is 35.8 Å². The Bertz CT molecular complexity index is 2230. The molecule has 8 nitrogen and oxygen atoms in total. The molecule has 7 rings (SSSR count). The first kappa shape index (κ1) is 39.5. The van der Waals surface area contributed by atoms with Gasteiger partial charge in [-0.05, 0) is 82.7 Å². The fraction of sp³-hybridized carbons (Fsp3) is 0.500. The number of imidazole rings is 2. The predicted molar refractivity (Wildman–Crippen MR) is 211 cm³/mol. The van der Waals surface area contributed by atoms with Crippen molar-refractivity contribution < 1.29 is 27.2 Å². The summed E-state index contributed by atoms with van der Waals surface area (Å²) in [5.74, 6) is -5.44. The van der Waals surface area contributed by atoms with Crippen LogP contribution in [0.3, 0.4) is 0 Å². The van der Waals surface area contributed by atoms with Gasteiger partial charge in [0, 0.05) is 43.1 Å². The van der Waals surface area contributed by atoms with E-state index in [0.717, 1.165) is 44.2 Å². The number of alkyl halides is 4. The molecule has 0 radical (unpaired) electrons. The highest BCUT2D eigenvalue weighted by atomic mass is 19.3. The molecular weight excluding hydrogens is 721 g/mol. The number of nitrogens with one attached hydrogen (secondary N) is 4. The zero-order chi connectivity index (χ0) is 40.2. The third-order valence-electron chi connectivity index (χ3n) is 11.6. The van der Waals surface area contributed by atoms with Gasteiger partial charge in [-0.1, -0.05) is 71.9 Å². The van der Waals surface area contributed by atoms with E-state index in [1.807, 2.05) is 65.8 Å². The summed E-state index contributed by atoms with van der Waals surface area (Å²) >= 11 is 0. The van der Waals surface area contributed by atoms with E-state index in [4.69, 9.17) is 4.98 Å². The zero-order valence-electron chi connectivity index (χ0n) is 33.0. The lowest BCUT2D eigenvalue weighted by molar-refractivity contribution is -0.131. The number of H-pyrrole nitrogens is 2. The molecule has 3 aromatic carbocycles. The van der Waals surface area contributed by atoms with E-state index in [0.29, 0.717) is 11.6 Å². The molecule has 298 valence electrons. The minimum absolute atomic E-state index is 0.172. The van der Waals surface area contributed by atoms with Crippen LogP contribution >= 0.6 is 0 Å². The highest BCUT2D eigenvalue weighted by Crippen LogP contribution is 2.40. The van der Waals surface area contributed by atoms with E-state index in [-0.39, 0.29) is 74.0 Å². The van der Waals surface area contributed by atoms with Crippen LogP contribution in [0.25, 0.3) is 44.2 Å². The number of hydrogen-bond acceptors (Lipinski definition) is 4. The summed E-state index contributed by atoms with van der Waals surface area (Å²) in [4.78, 5) is 42.8. The van der Waals surface area contributed by atoms with Crippen molar-refractivity contribution in [3.8, 4) is 22.4 Å². The molecule has 2 heterocycles. The number of aromatic nitrogens is 4. The summed E-state index contributed by atoms with van der Waals surface area (Å²) in [6.45, 7) is 12.1. The SMILES string of the molecule is CC(C)(C)C(NC(=O)C1CCC(F)(F)CC1)c1nc2ccc(-c3ccc4cc(-c5cnc([C@@H](NC(=O)C6CCC(F)(F)CC6)C(C)(C)C)[nH]5)ccc4c3)cc2[nH]1. The van der Waals surface area contributed by atoms with Crippen molar-refractivity contribution in [2.75, 3.05) is 0 Å². The Morgan fingerprint density at radius 3 is 1.66 bits per heavy atom. The molecule has 0 aliphatic heterocycles. The van der Waals surface area contributed by atoms with Crippen LogP contribution in [0.4, 0.5) is 17.6 Å². The van der Waals surface area contributed by atoms with Crippen LogP contribution in [0.1, 0.15) is 117 Å². The number of halogens is 4. The van der Waals surface area contributed by atoms with Crippen LogP contribution in [0.2, 0.25) is 0 Å². The maximum absolute atomic E-state index is 13.8. The first-order chi connectivity index (χ1) is 26.2. The van der Waals surface area contributed by atoms with Gasteiger partial charge in [-0.15, -0.1) is 0 Å². The van der Waals surface area contributed by atoms with Crippen LogP contribution in [-0.4, -0.2) is 43.6 Å². The number of rotatable bonds is 8. The molecule has 12 heteroatoms. The van der Waals surface area contributed by atoms with Crippen molar-refractivity contribution in [2.24, 2.45) is 22.7 Å². The van der Waals surface area contributed by atoms with Crippen LogP contribution in [0, 0.1) is 22.7 Å². The quantitative estimate of drug-likeness (QED) is 0.118. The molecule has 2 aliphatic rings. The summed E-state index contributed by atoms with van der Waals surface area (Å²) in [6.07, 6.45) is 1.39. The molecule has 0 bridgehead atoms. The molecule has 0 saturated heterocycles. The Labute approximate surface area is 325 Å². The number of hydrogen-bond donors (Lipinski definition) is 4. The second-order valence-electron chi connectivity index (χ2n) is 18.2. The average Bonchev–Trinajstić information content (AvgIpc) is 3.78. The number of benzene rings is 3. The summed E-state index contributed by atoms with van der Waals surface area (Å²) in [6, 6.07) is 17.6. The molecule has 2 amide bonds. The minimum atomic E-state index is -2.70. The van der Waals surface area contributed by atoms with Gasteiger partial charge in [-0.25, -0.2) is 27.5 Å². The average molecular weight is 773 g/mol. The van der Waals surface area contributed by atoms with Crippen LogP contribution < -0.4 is 10.6 Å². The fourth-order valence-corrected chi connectivity index (χ4v) is 8.08.